The van der Waals surface area contributed by atoms with Crippen molar-refractivity contribution in [2.24, 2.45) is 0 Å². The van der Waals surface area contributed by atoms with Gasteiger partial charge in [0.15, 0.2) is 0 Å². The van der Waals surface area contributed by atoms with Crippen molar-refractivity contribution in [1.82, 2.24) is 9.88 Å². The summed E-state index contributed by atoms with van der Waals surface area (Å²) in [5.41, 5.74) is 1.50. The number of anilines is 1. The largest absolute Gasteiger partial charge is 0.384 e. The van der Waals surface area contributed by atoms with Crippen LogP contribution < -0.4 is 5.32 Å². The van der Waals surface area contributed by atoms with Crippen molar-refractivity contribution in [2.45, 2.75) is 52.1 Å². The summed E-state index contributed by atoms with van der Waals surface area (Å²) in [6.07, 6.45) is 5.12. The monoisotopic (exact) mass is 261 g/mol. The average Bonchev–Trinajstić information content (AvgIpc) is 2.39. The maximum Gasteiger partial charge on any atom is 0.272 e. The van der Waals surface area contributed by atoms with Gasteiger partial charge in [0.1, 0.15) is 5.69 Å². The van der Waals surface area contributed by atoms with Crippen molar-refractivity contribution in [2.75, 3.05) is 11.9 Å². The number of carbonyl (C=O) groups is 1. The molecule has 1 saturated heterocycles. The van der Waals surface area contributed by atoms with Crippen LogP contribution in [0.25, 0.3) is 0 Å². The first-order chi connectivity index (χ1) is 9.13. The van der Waals surface area contributed by atoms with Crippen LogP contribution in [-0.2, 0) is 0 Å². The Morgan fingerprint density at radius 3 is 2.58 bits per heavy atom. The van der Waals surface area contributed by atoms with Gasteiger partial charge in [0.2, 0.25) is 0 Å². The Morgan fingerprint density at radius 1 is 1.37 bits per heavy atom. The molecule has 0 saturated carbocycles. The standard InChI is InChI=1S/C15H23N3O/c1-4-16-13-8-9-14(17-10-13)15(19)18-11(2)6-5-7-12(18)3/h8-12,16H,4-7H2,1-3H3. The quantitative estimate of drug-likeness (QED) is 0.910. The number of hydrogen-bond acceptors (Lipinski definition) is 3. The fourth-order valence-corrected chi connectivity index (χ4v) is 2.78. The van der Waals surface area contributed by atoms with E-state index < -0.39 is 0 Å². The van der Waals surface area contributed by atoms with Crippen LogP contribution in [0.15, 0.2) is 18.3 Å². The predicted octanol–water partition coefficient (Wildman–Crippen LogP) is 2.92. The van der Waals surface area contributed by atoms with Crippen molar-refractivity contribution in [3.05, 3.63) is 24.0 Å². The lowest BCUT2D eigenvalue weighted by molar-refractivity contribution is 0.0504. The molecule has 104 valence electrons. The molecule has 2 heterocycles. The van der Waals surface area contributed by atoms with Gasteiger partial charge in [0.25, 0.3) is 5.91 Å². The number of hydrogen-bond donors (Lipinski definition) is 1. The molecule has 19 heavy (non-hydrogen) atoms. The lowest BCUT2D eigenvalue weighted by Crippen LogP contribution is -2.47. The summed E-state index contributed by atoms with van der Waals surface area (Å²) < 4.78 is 0. The van der Waals surface area contributed by atoms with Crippen LogP contribution >= 0.6 is 0 Å². The molecule has 0 aliphatic carbocycles. The summed E-state index contributed by atoms with van der Waals surface area (Å²) in [6, 6.07) is 4.36. The van der Waals surface area contributed by atoms with Crippen molar-refractivity contribution in [3.63, 3.8) is 0 Å². The molecular weight excluding hydrogens is 238 g/mol. The summed E-state index contributed by atoms with van der Waals surface area (Å²) in [6.45, 7) is 7.15. The summed E-state index contributed by atoms with van der Waals surface area (Å²) in [7, 11) is 0. The Kier molecular flexibility index (Phi) is 4.40. The summed E-state index contributed by atoms with van der Waals surface area (Å²) >= 11 is 0. The van der Waals surface area contributed by atoms with Gasteiger partial charge in [-0.3, -0.25) is 4.79 Å². The Balaban J connectivity index is 2.13. The number of rotatable bonds is 3. The van der Waals surface area contributed by atoms with E-state index >= 15 is 0 Å². The van der Waals surface area contributed by atoms with Gasteiger partial charge >= 0.3 is 0 Å². The van der Waals surface area contributed by atoms with E-state index in [2.05, 4.69) is 24.1 Å². The topological polar surface area (TPSA) is 45.2 Å². The number of carbonyl (C=O) groups excluding carboxylic acids is 1. The van der Waals surface area contributed by atoms with Crippen molar-refractivity contribution in [3.8, 4) is 0 Å². The summed E-state index contributed by atoms with van der Waals surface area (Å²) in [5, 5.41) is 3.18. The predicted molar refractivity (Wildman–Crippen MR) is 77.3 cm³/mol. The van der Waals surface area contributed by atoms with Gasteiger partial charge in [-0.1, -0.05) is 0 Å². The second kappa shape index (κ2) is 6.04. The highest BCUT2D eigenvalue weighted by Crippen LogP contribution is 2.24. The van der Waals surface area contributed by atoms with E-state index in [0.717, 1.165) is 25.1 Å². The van der Waals surface area contributed by atoms with E-state index in [-0.39, 0.29) is 5.91 Å². The molecule has 4 nitrogen and oxygen atoms in total. The summed E-state index contributed by atoms with van der Waals surface area (Å²) in [4.78, 5) is 18.8. The molecule has 2 rings (SSSR count). The fourth-order valence-electron chi connectivity index (χ4n) is 2.78. The highest BCUT2D eigenvalue weighted by molar-refractivity contribution is 5.93. The zero-order valence-corrected chi connectivity index (χ0v) is 12.0. The normalized spacial score (nSPS) is 23.2. The summed E-state index contributed by atoms with van der Waals surface area (Å²) in [5.74, 6) is 0.0581. The zero-order valence-electron chi connectivity index (χ0n) is 12.0. The minimum absolute atomic E-state index is 0.0581. The second-order valence-electron chi connectivity index (χ2n) is 5.30. The van der Waals surface area contributed by atoms with Crippen molar-refractivity contribution >= 4 is 11.6 Å². The third-order valence-electron chi connectivity index (χ3n) is 3.79. The molecule has 1 amide bonds. The first-order valence-electron chi connectivity index (χ1n) is 7.16. The number of likely N-dealkylation sites (tertiary alicyclic amines) is 1. The van der Waals surface area contributed by atoms with E-state index in [0.29, 0.717) is 17.8 Å². The lowest BCUT2D eigenvalue weighted by Gasteiger charge is -2.38. The first-order valence-corrected chi connectivity index (χ1v) is 7.16. The molecule has 1 aromatic heterocycles. The molecule has 2 unspecified atom stereocenters. The smallest absolute Gasteiger partial charge is 0.272 e. The molecule has 4 heteroatoms. The molecular formula is C15H23N3O. The number of pyridine rings is 1. The minimum atomic E-state index is 0.0581. The van der Waals surface area contributed by atoms with Crippen molar-refractivity contribution in [1.29, 1.82) is 0 Å². The van der Waals surface area contributed by atoms with E-state index in [9.17, 15) is 4.79 Å². The number of amides is 1. The molecule has 0 aromatic carbocycles. The Morgan fingerprint density at radius 2 is 2.05 bits per heavy atom. The third-order valence-corrected chi connectivity index (χ3v) is 3.79. The molecule has 1 aliphatic heterocycles. The van der Waals surface area contributed by atoms with Crippen LogP contribution in [0, 0.1) is 0 Å². The van der Waals surface area contributed by atoms with E-state index in [1.807, 2.05) is 24.0 Å². The molecule has 1 aliphatic rings. The lowest BCUT2D eigenvalue weighted by atomic mass is 9.97. The molecule has 0 bridgehead atoms. The van der Waals surface area contributed by atoms with Crippen LogP contribution in [-0.4, -0.2) is 34.4 Å². The van der Waals surface area contributed by atoms with Gasteiger partial charge in [0, 0.05) is 18.6 Å². The maximum atomic E-state index is 12.5. The maximum absolute atomic E-state index is 12.5. The minimum Gasteiger partial charge on any atom is -0.384 e. The molecule has 2 atom stereocenters. The van der Waals surface area contributed by atoms with E-state index in [1.54, 1.807) is 6.20 Å². The Labute approximate surface area is 115 Å². The number of aromatic nitrogens is 1. The zero-order chi connectivity index (χ0) is 13.8. The van der Waals surface area contributed by atoms with Gasteiger partial charge in [-0.05, 0) is 52.2 Å². The highest BCUT2D eigenvalue weighted by Gasteiger charge is 2.30. The number of piperidine rings is 1. The van der Waals surface area contributed by atoms with Crippen LogP contribution in [0.2, 0.25) is 0 Å². The van der Waals surface area contributed by atoms with E-state index in [4.69, 9.17) is 0 Å². The molecule has 1 fully saturated rings. The van der Waals surface area contributed by atoms with Crippen LogP contribution in [0.3, 0.4) is 0 Å². The molecule has 0 radical (unpaired) electrons. The van der Waals surface area contributed by atoms with Crippen LogP contribution in [0.4, 0.5) is 5.69 Å². The second-order valence-corrected chi connectivity index (χ2v) is 5.30. The van der Waals surface area contributed by atoms with Gasteiger partial charge < -0.3 is 10.2 Å². The third kappa shape index (κ3) is 3.06. The molecule has 1 N–H and O–H groups in total. The molecule has 1 aromatic rings. The molecule has 0 spiro atoms. The number of nitrogens with one attached hydrogen (secondary N) is 1. The first kappa shape index (κ1) is 13.8. The average molecular weight is 261 g/mol. The Hall–Kier alpha value is -1.58. The van der Waals surface area contributed by atoms with Crippen LogP contribution in [0.5, 0.6) is 0 Å². The SMILES string of the molecule is CCNc1ccc(C(=O)N2C(C)CCCC2C)nc1. The van der Waals surface area contributed by atoms with Gasteiger partial charge in [-0.15, -0.1) is 0 Å². The van der Waals surface area contributed by atoms with E-state index in [1.165, 1.54) is 6.42 Å². The van der Waals surface area contributed by atoms with Crippen LogP contribution in [0.1, 0.15) is 50.5 Å². The Bertz CT molecular complexity index is 420. The number of nitrogens with zero attached hydrogens (tertiary/aromatic N) is 2. The fraction of sp³-hybridized carbons (Fsp3) is 0.600. The highest BCUT2D eigenvalue weighted by atomic mass is 16.2. The van der Waals surface area contributed by atoms with Gasteiger partial charge in [-0.2, -0.15) is 0 Å². The van der Waals surface area contributed by atoms with Gasteiger partial charge in [0.05, 0.1) is 11.9 Å². The van der Waals surface area contributed by atoms with Crippen molar-refractivity contribution < 1.29 is 4.79 Å². The van der Waals surface area contributed by atoms with Gasteiger partial charge in [-0.25, -0.2) is 4.98 Å².